The molecule has 1 aliphatic carbocycles. The quantitative estimate of drug-likeness (QED) is 0.787. The molecule has 0 amide bonds. The van der Waals surface area contributed by atoms with Crippen molar-refractivity contribution in [2.24, 2.45) is 0 Å². The Bertz CT molecular complexity index is 863. The van der Waals surface area contributed by atoms with Crippen molar-refractivity contribution in [2.75, 3.05) is 19.8 Å². The van der Waals surface area contributed by atoms with E-state index < -0.39 is 0 Å². The molecule has 0 radical (unpaired) electrons. The first-order valence-corrected chi connectivity index (χ1v) is 7.52. The molecule has 0 bridgehead atoms. The van der Waals surface area contributed by atoms with Gasteiger partial charge in [0.25, 0.3) is 0 Å². The molecule has 0 aliphatic heterocycles. The number of hydrogen-bond donors (Lipinski definition) is 1. The van der Waals surface area contributed by atoms with Gasteiger partial charge in [0, 0.05) is 17.1 Å². The van der Waals surface area contributed by atoms with Crippen molar-refractivity contribution in [3.05, 3.63) is 41.7 Å². The Balaban J connectivity index is 1.93. The van der Waals surface area contributed by atoms with Crippen LogP contribution in [0.25, 0.3) is 22.2 Å². The molecule has 3 aromatic rings. The Morgan fingerprint density at radius 3 is 2.86 bits per heavy atom. The van der Waals surface area contributed by atoms with E-state index in [1.807, 2.05) is 43.0 Å². The number of aryl methyl sites for hydroxylation is 2. The average Bonchev–Trinajstić information content (AvgIpc) is 2.88. The maximum absolute atomic E-state index is 6.47. The van der Waals surface area contributed by atoms with Gasteiger partial charge < -0.3 is 5.73 Å². The number of nitrogen functional groups attached to an aromatic ring is 1. The highest BCUT2D eigenvalue weighted by atomic mass is 15.4. The van der Waals surface area contributed by atoms with E-state index in [2.05, 4.69) is 11.1 Å². The molecule has 0 saturated heterocycles. The number of hydrogen-bond acceptors (Lipinski definition) is 4. The number of rotatable bonds is 2. The minimum atomic E-state index is 0.767. The summed E-state index contributed by atoms with van der Waals surface area (Å²) in [5.41, 5.74) is 12.6. The van der Waals surface area contributed by atoms with Gasteiger partial charge in [-0.3, -0.25) is 14.6 Å². The summed E-state index contributed by atoms with van der Waals surface area (Å²) in [7, 11) is 4.08. The van der Waals surface area contributed by atoms with Gasteiger partial charge in [-0.15, -0.1) is 0 Å². The molecule has 22 heavy (non-hydrogen) atoms. The van der Waals surface area contributed by atoms with Crippen molar-refractivity contribution in [2.45, 2.75) is 19.5 Å². The van der Waals surface area contributed by atoms with Gasteiger partial charge in [0.15, 0.2) is 0 Å². The van der Waals surface area contributed by atoms with E-state index in [-0.39, 0.29) is 0 Å². The normalized spacial score (nSPS) is 13.4. The van der Waals surface area contributed by atoms with E-state index in [1.165, 1.54) is 5.56 Å². The van der Waals surface area contributed by atoms with Crippen molar-refractivity contribution < 1.29 is 0 Å². The van der Waals surface area contributed by atoms with Gasteiger partial charge in [-0.1, -0.05) is 18.2 Å². The largest absolute Gasteiger partial charge is 0.398 e. The van der Waals surface area contributed by atoms with Gasteiger partial charge in [-0.05, 0) is 38.6 Å². The van der Waals surface area contributed by atoms with Crippen LogP contribution in [0.5, 0.6) is 0 Å². The molecule has 1 aliphatic rings. The van der Waals surface area contributed by atoms with E-state index in [0.717, 1.165) is 53.1 Å². The number of aromatic nitrogens is 3. The summed E-state index contributed by atoms with van der Waals surface area (Å²) in [4.78, 5) is 6.90. The number of nitrogens with zero attached hydrogens (tertiary/aromatic N) is 4. The molecule has 0 saturated carbocycles. The minimum Gasteiger partial charge on any atom is -0.398 e. The van der Waals surface area contributed by atoms with Crippen LogP contribution in [-0.4, -0.2) is 33.8 Å². The third-order valence-electron chi connectivity index (χ3n) is 4.14. The summed E-state index contributed by atoms with van der Waals surface area (Å²) >= 11 is 0. The zero-order valence-corrected chi connectivity index (χ0v) is 12.9. The lowest BCUT2D eigenvalue weighted by atomic mass is 9.91. The van der Waals surface area contributed by atoms with Crippen molar-refractivity contribution in [3.8, 4) is 11.3 Å². The molecule has 0 fully saturated rings. The van der Waals surface area contributed by atoms with E-state index in [4.69, 9.17) is 15.8 Å². The zero-order chi connectivity index (χ0) is 15.3. The highest BCUT2D eigenvalue weighted by Crippen LogP contribution is 2.38. The van der Waals surface area contributed by atoms with Gasteiger partial charge in [0.05, 0.1) is 29.3 Å². The molecule has 4 rings (SSSR count). The van der Waals surface area contributed by atoms with Crippen LogP contribution in [0.4, 0.5) is 5.69 Å². The van der Waals surface area contributed by atoms with Crippen molar-refractivity contribution in [3.63, 3.8) is 0 Å². The minimum absolute atomic E-state index is 0.767. The number of pyridine rings is 1. The average molecular weight is 293 g/mol. The van der Waals surface area contributed by atoms with Gasteiger partial charge >= 0.3 is 0 Å². The standard InChI is InChI=1S/C17H19N5/c1-21(2)10-22-9-11-7-8-14-15(17(11)20-22)16(18)12-5-3-4-6-13(12)19-14/h3-6,9H,7-8,10H2,1-2H3,(H2,18,19). The Morgan fingerprint density at radius 1 is 1.23 bits per heavy atom. The van der Waals surface area contributed by atoms with Crippen molar-refractivity contribution in [1.82, 2.24) is 19.7 Å². The van der Waals surface area contributed by atoms with Crippen LogP contribution in [0.1, 0.15) is 11.3 Å². The topological polar surface area (TPSA) is 60.0 Å². The van der Waals surface area contributed by atoms with E-state index in [0.29, 0.717) is 0 Å². The Labute approximate surface area is 129 Å². The van der Waals surface area contributed by atoms with Gasteiger partial charge in [-0.25, -0.2) is 0 Å². The molecule has 2 heterocycles. The van der Waals surface area contributed by atoms with E-state index in [9.17, 15) is 0 Å². The fraction of sp³-hybridized carbons (Fsp3) is 0.294. The summed E-state index contributed by atoms with van der Waals surface area (Å²) in [5.74, 6) is 0. The summed E-state index contributed by atoms with van der Waals surface area (Å²) in [6, 6.07) is 8.05. The second kappa shape index (κ2) is 4.81. The molecule has 2 aromatic heterocycles. The van der Waals surface area contributed by atoms with Crippen LogP contribution in [0.2, 0.25) is 0 Å². The maximum atomic E-state index is 6.47. The first-order chi connectivity index (χ1) is 10.6. The number of fused-ring (bicyclic) bond motifs is 4. The lowest BCUT2D eigenvalue weighted by Crippen LogP contribution is -2.17. The number of para-hydroxylation sites is 1. The Hall–Kier alpha value is -2.40. The molecule has 0 atom stereocenters. The molecule has 112 valence electrons. The van der Waals surface area contributed by atoms with Crippen LogP contribution >= 0.6 is 0 Å². The summed E-state index contributed by atoms with van der Waals surface area (Å²) < 4.78 is 1.98. The van der Waals surface area contributed by atoms with E-state index >= 15 is 0 Å². The molecule has 0 unspecified atom stereocenters. The summed E-state index contributed by atoms with van der Waals surface area (Å²) in [5, 5.41) is 5.77. The zero-order valence-electron chi connectivity index (χ0n) is 12.9. The smallest absolute Gasteiger partial charge is 0.0995 e. The Morgan fingerprint density at radius 2 is 2.05 bits per heavy atom. The monoisotopic (exact) mass is 293 g/mol. The SMILES string of the molecule is CN(C)Cn1cc2c(n1)-c1c(nc3ccccc3c1N)CC2. The third-order valence-corrected chi connectivity index (χ3v) is 4.14. The second-order valence-corrected chi connectivity index (χ2v) is 6.13. The van der Waals surface area contributed by atoms with Crippen molar-refractivity contribution in [1.29, 1.82) is 0 Å². The lowest BCUT2D eigenvalue weighted by Gasteiger charge is -2.17. The lowest BCUT2D eigenvalue weighted by molar-refractivity contribution is 0.307. The predicted molar refractivity (Wildman–Crippen MR) is 88.5 cm³/mol. The molecule has 1 aromatic carbocycles. The van der Waals surface area contributed by atoms with Crippen LogP contribution in [0.15, 0.2) is 30.5 Å². The van der Waals surface area contributed by atoms with Gasteiger partial charge in [0.2, 0.25) is 0 Å². The summed E-state index contributed by atoms with van der Waals surface area (Å²) in [6.07, 6.45) is 4.03. The molecule has 0 spiro atoms. The molecule has 5 heteroatoms. The van der Waals surface area contributed by atoms with Crippen LogP contribution in [0.3, 0.4) is 0 Å². The summed E-state index contributed by atoms with van der Waals surface area (Å²) in [6.45, 7) is 0.767. The molecule has 2 N–H and O–H groups in total. The highest BCUT2D eigenvalue weighted by molar-refractivity contribution is 5.99. The molecular weight excluding hydrogens is 274 g/mol. The van der Waals surface area contributed by atoms with E-state index in [1.54, 1.807) is 0 Å². The predicted octanol–water partition coefficient (Wildman–Crippen LogP) is 2.30. The van der Waals surface area contributed by atoms with Crippen LogP contribution in [-0.2, 0) is 19.5 Å². The van der Waals surface area contributed by atoms with Crippen LogP contribution < -0.4 is 5.73 Å². The Kier molecular flexibility index (Phi) is 2.90. The molecule has 5 nitrogen and oxygen atoms in total. The first kappa shape index (κ1) is 13.3. The maximum Gasteiger partial charge on any atom is 0.0995 e. The second-order valence-electron chi connectivity index (χ2n) is 6.13. The van der Waals surface area contributed by atoms with Gasteiger partial charge in [0.1, 0.15) is 0 Å². The van der Waals surface area contributed by atoms with Crippen molar-refractivity contribution >= 4 is 16.6 Å². The first-order valence-electron chi connectivity index (χ1n) is 7.52. The molecular formula is C17H19N5. The number of benzene rings is 1. The van der Waals surface area contributed by atoms with Gasteiger partial charge in [-0.2, -0.15) is 5.10 Å². The highest BCUT2D eigenvalue weighted by Gasteiger charge is 2.24. The number of anilines is 1. The number of nitrogens with two attached hydrogens (primary N) is 1. The fourth-order valence-corrected chi connectivity index (χ4v) is 3.21. The fourth-order valence-electron chi connectivity index (χ4n) is 3.21. The van der Waals surface area contributed by atoms with Crippen LogP contribution in [0, 0.1) is 0 Å². The third kappa shape index (κ3) is 1.97.